The first kappa shape index (κ1) is 8.96. The van der Waals surface area contributed by atoms with Crippen LogP contribution in [-0.4, -0.2) is 6.61 Å². The Bertz CT molecular complexity index is 47.5. The van der Waals surface area contributed by atoms with E-state index >= 15 is 0 Å². The molecule has 0 unspecified atom stereocenters. The minimum atomic E-state index is 0.0938. The van der Waals surface area contributed by atoms with Gasteiger partial charge in [-0.2, -0.15) is 0 Å². The number of hydrogen-bond donors (Lipinski definition) is 0. The van der Waals surface area contributed by atoms with Gasteiger partial charge in [0, 0.05) is 0 Å². The fraction of sp³-hybridized carbons (Fsp3) is 1.00. The van der Waals surface area contributed by atoms with Crippen LogP contribution in [0.5, 0.6) is 0 Å². The molecule has 9 heavy (non-hydrogen) atoms. The van der Waals surface area contributed by atoms with Crippen molar-refractivity contribution in [1.29, 1.82) is 0 Å². The quantitative estimate of drug-likeness (QED) is 0.556. The standard InChI is InChI=1S/C8H17O/c1-4-8(5-2,6-3)7-9/h4-7H2,1-3H3. The maximum atomic E-state index is 10.6. The first-order chi connectivity index (χ1) is 4.24. The van der Waals surface area contributed by atoms with E-state index in [1.165, 1.54) is 0 Å². The first-order valence-corrected chi connectivity index (χ1v) is 3.82. The number of hydrogen-bond acceptors (Lipinski definition) is 0. The summed E-state index contributed by atoms with van der Waals surface area (Å²) in [5, 5.41) is 10.6. The summed E-state index contributed by atoms with van der Waals surface area (Å²) in [4.78, 5) is 0. The second-order valence-corrected chi connectivity index (χ2v) is 2.70. The van der Waals surface area contributed by atoms with Gasteiger partial charge in [-0.1, -0.05) is 20.8 Å². The van der Waals surface area contributed by atoms with Crippen molar-refractivity contribution in [3.8, 4) is 0 Å². The summed E-state index contributed by atoms with van der Waals surface area (Å²) in [7, 11) is 0. The van der Waals surface area contributed by atoms with Gasteiger partial charge in [0.25, 0.3) is 0 Å². The molecule has 0 bridgehead atoms. The molecule has 1 nitrogen and oxygen atoms in total. The Morgan fingerprint density at radius 3 is 1.33 bits per heavy atom. The van der Waals surface area contributed by atoms with Crippen LogP contribution in [0.1, 0.15) is 40.0 Å². The molecule has 0 rings (SSSR count). The van der Waals surface area contributed by atoms with Crippen LogP contribution < -0.4 is 0 Å². The lowest BCUT2D eigenvalue weighted by Crippen LogP contribution is -2.21. The molecule has 0 aliphatic carbocycles. The summed E-state index contributed by atoms with van der Waals surface area (Å²) < 4.78 is 0. The third-order valence-electron chi connectivity index (χ3n) is 2.56. The van der Waals surface area contributed by atoms with Crippen LogP contribution in [-0.2, 0) is 5.11 Å². The number of rotatable bonds is 4. The van der Waals surface area contributed by atoms with Crippen LogP contribution in [0.15, 0.2) is 0 Å². The van der Waals surface area contributed by atoms with Crippen molar-refractivity contribution < 1.29 is 5.11 Å². The molecule has 0 aromatic rings. The summed E-state index contributed by atoms with van der Waals surface area (Å²) in [5.74, 6) is 0. The third-order valence-corrected chi connectivity index (χ3v) is 2.56. The average molecular weight is 129 g/mol. The minimum absolute atomic E-state index is 0.0938. The van der Waals surface area contributed by atoms with E-state index < -0.39 is 0 Å². The van der Waals surface area contributed by atoms with Gasteiger partial charge in [-0.3, -0.25) is 0 Å². The van der Waals surface area contributed by atoms with Crippen molar-refractivity contribution in [3.63, 3.8) is 0 Å². The van der Waals surface area contributed by atoms with Crippen LogP contribution in [0.3, 0.4) is 0 Å². The highest BCUT2D eigenvalue weighted by molar-refractivity contribution is 4.72. The largest absolute Gasteiger partial charge is 0.236 e. The van der Waals surface area contributed by atoms with Gasteiger partial charge in [0.2, 0.25) is 0 Å². The van der Waals surface area contributed by atoms with Crippen molar-refractivity contribution in [2.75, 3.05) is 6.61 Å². The monoisotopic (exact) mass is 129 g/mol. The molecule has 1 radical (unpaired) electrons. The molecule has 0 fully saturated rings. The zero-order valence-corrected chi connectivity index (χ0v) is 6.74. The average Bonchev–Trinajstić information content (AvgIpc) is 1.95. The lowest BCUT2D eigenvalue weighted by Gasteiger charge is -2.26. The summed E-state index contributed by atoms with van der Waals surface area (Å²) in [6, 6.07) is 0. The summed E-state index contributed by atoms with van der Waals surface area (Å²) in [6.45, 7) is 6.40. The fourth-order valence-corrected chi connectivity index (χ4v) is 1.06. The zero-order valence-electron chi connectivity index (χ0n) is 6.74. The second-order valence-electron chi connectivity index (χ2n) is 2.70. The third kappa shape index (κ3) is 1.98. The van der Waals surface area contributed by atoms with Gasteiger partial charge in [-0.05, 0) is 24.7 Å². The van der Waals surface area contributed by atoms with Crippen molar-refractivity contribution in [3.05, 3.63) is 0 Å². The predicted molar refractivity (Wildman–Crippen MR) is 38.9 cm³/mol. The molecule has 0 aromatic carbocycles. The Hall–Kier alpha value is -0.0400. The van der Waals surface area contributed by atoms with E-state index in [2.05, 4.69) is 20.8 Å². The van der Waals surface area contributed by atoms with E-state index in [1.807, 2.05) is 0 Å². The normalized spacial score (nSPS) is 12.0. The summed E-state index contributed by atoms with van der Waals surface area (Å²) in [5.41, 5.74) is 0.111. The summed E-state index contributed by atoms with van der Waals surface area (Å²) >= 11 is 0. The van der Waals surface area contributed by atoms with Crippen molar-refractivity contribution in [2.45, 2.75) is 40.0 Å². The van der Waals surface area contributed by atoms with Crippen LogP contribution in [0, 0.1) is 5.41 Å². The van der Waals surface area contributed by atoms with Gasteiger partial charge in [-0.15, -0.1) is 0 Å². The lowest BCUT2D eigenvalue weighted by molar-refractivity contribution is 0.0579. The smallest absolute Gasteiger partial charge is 0.0878 e. The Balaban J connectivity index is 3.82. The van der Waals surface area contributed by atoms with E-state index in [1.54, 1.807) is 0 Å². The topological polar surface area (TPSA) is 19.9 Å². The van der Waals surface area contributed by atoms with Crippen molar-refractivity contribution >= 4 is 0 Å². The van der Waals surface area contributed by atoms with Crippen LogP contribution in [0.2, 0.25) is 0 Å². The van der Waals surface area contributed by atoms with Crippen LogP contribution >= 0.6 is 0 Å². The Morgan fingerprint density at radius 2 is 1.33 bits per heavy atom. The van der Waals surface area contributed by atoms with Gasteiger partial charge in [-0.25, -0.2) is 5.11 Å². The minimum Gasteiger partial charge on any atom is -0.236 e. The Kier molecular flexibility index (Phi) is 3.87. The molecule has 0 atom stereocenters. The molecule has 0 aromatic heterocycles. The van der Waals surface area contributed by atoms with E-state index in [0.717, 1.165) is 19.3 Å². The highest BCUT2D eigenvalue weighted by Gasteiger charge is 2.22. The maximum absolute atomic E-state index is 10.6. The predicted octanol–water partition coefficient (Wildman–Crippen LogP) is 2.63. The van der Waals surface area contributed by atoms with E-state index in [-0.39, 0.29) is 12.0 Å². The molecule has 0 amide bonds. The van der Waals surface area contributed by atoms with Gasteiger partial charge >= 0.3 is 0 Å². The van der Waals surface area contributed by atoms with Crippen LogP contribution in [0.25, 0.3) is 0 Å². The molecular weight excluding hydrogens is 112 g/mol. The highest BCUT2D eigenvalue weighted by atomic mass is 16.3. The Morgan fingerprint density at radius 1 is 1.00 bits per heavy atom. The first-order valence-electron chi connectivity index (χ1n) is 3.82. The molecule has 0 aliphatic heterocycles. The highest BCUT2D eigenvalue weighted by Crippen LogP contribution is 2.29. The van der Waals surface area contributed by atoms with E-state index in [9.17, 15) is 5.11 Å². The maximum Gasteiger partial charge on any atom is 0.0878 e. The molecule has 0 spiro atoms. The summed E-state index contributed by atoms with van der Waals surface area (Å²) in [6.07, 6.45) is 3.09. The lowest BCUT2D eigenvalue weighted by atomic mass is 9.81. The van der Waals surface area contributed by atoms with E-state index in [4.69, 9.17) is 0 Å². The van der Waals surface area contributed by atoms with E-state index in [0.29, 0.717) is 0 Å². The molecular formula is C8H17O. The zero-order chi connectivity index (χ0) is 7.33. The van der Waals surface area contributed by atoms with Crippen molar-refractivity contribution in [2.24, 2.45) is 5.41 Å². The molecule has 0 saturated heterocycles. The molecule has 55 valence electrons. The molecule has 0 heterocycles. The van der Waals surface area contributed by atoms with Gasteiger partial charge < -0.3 is 0 Å². The fourth-order valence-electron chi connectivity index (χ4n) is 1.06. The van der Waals surface area contributed by atoms with Gasteiger partial charge in [0.05, 0.1) is 6.61 Å². The molecule has 0 N–H and O–H groups in total. The molecule has 0 saturated carbocycles. The Labute approximate surface area is 58.1 Å². The van der Waals surface area contributed by atoms with Crippen molar-refractivity contribution in [1.82, 2.24) is 0 Å². The van der Waals surface area contributed by atoms with Gasteiger partial charge in [0.15, 0.2) is 0 Å². The van der Waals surface area contributed by atoms with Crippen LogP contribution in [0.4, 0.5) is 0 Å². The van der Waals surface area contributed by atoms with Gasteiger partial charge in [0.1, 0.15) is 0 Å². The molecule has 1 heteroatoms. The molecule has 0 aliphatic rings. The SMILES string of the molecule is CCC(CC)(CC)C[O]. The second kappa shape index (κ2) is 3.89.